The Morgan fingerprint density at radius 2 is 1.24 bits per heavy atom. The van der Waals surface area contributed by atoms with Crippen LogP contribution in [-0.2, 0) is 0 Å². The average Bonchev–Trinajstić information content (AvgIpc) is 2.56. The predicted molar refractivity (Wildman–Crippen MR) is 111 cm³/mol. The van der Waals surface area contributed by atoms with E-state index in [-0.39, 0.29) is 0 Å². The maximum absolute atomic E-state index is 2.62. The summed E-state index contributed by atoms with van der Waals surface area (Å²) in [6.07, 6.45) is 12.3. The van der Waals surface area contributed by atoms with Crippen molar-refractivity contribution in [1.29, 1.82) is 0 Å². The summed E-state index contributed by atoms with van der Waals surface area (Å²) >= 11 is 0. The van der Waals surface area contributed by atoms with Crippen LogP contribution in [0.25, 0.3) is 0 Å². The Morgan fingerprint density at radius 3 is 1.56 bits per heavy atom. The van der Waals surface area contributed by atoms with Gasteiger partial charge in [-0.25, -0.2) is 0 Å². The molecule has 0 unspecified atom stereocenters. The molecule has 1 heteroatoms. The number of hydrogen-bond acceptors (Lipinski definition) is 0. The molecule has 6 fully saturated rings. The fourth-order valence-electron chi connectivity index (χ4n) is 8.47. The Hall–Kier alpha value is -0.195. The molecule has 6 aliphatic carbocycles. The van der Waals surface area contributed by atoms with Gasteiger partial charge in [0.1, 0.15) is 0 Å². The van der Waals surface area contributed by atoms with Crippen LogP contribution in [0.3, 0.4) is 0 Å². The van der Waals surface area contributed by atoms with E-state index in [0.717, 1.165) is 53.9 Å². The van der Waals surface area contributed by atoms with Crippen molar-refractivity contribution in [2.75, 3.05) is 0 Å². The van der Waals surface area contributed by atoms with Crippen LogP contribution < -0.4 is 0 Å². The van der Waals surface area contributed by atoms with E-state index in [4.69, 9.17) is 0 Å². The summed E-state index contributed by atoms with van der Waals surface area (Å²) in [4.78, 5) is 0. The van der Waals surface area contributed by atoms with Crippen LogP contribution in [0.15, 0.2) is 12.2 Å². The van der Waals surface area contributed by atoms with E-state index in [2.05, 4.69) is 60.6 Å². The first-order chi connectivity index (χ1) is 11.7. The minimum atomic E-state index is 0.628. The Labute approximate surface area is 157 Å². The normalized spacial score (nSPS) is 49.4. The maximum atomic E-state index is 2.62. The average molecular weight is 340 g/mol. The van der Waals surface area contributed by atoms with Crippen LogP contribution in [0.1, 0.15) is 74.1 Å². The lowest BCUT2D eigenvalue weighted by atomic mass is 9.20. The molecule has 0 heterocycles. The quantitative estimate of drug-likeness (QED) is 0.375. The molecule has 0 N–H and O–H groups in total. The van der Waals surface area contributed by atoms with Crippen molar-refractivity contribution in [2.45, 2.75) is 92.1 Å². The largest absolute Gasteiger partial charge is 0.150 e. The molecular weight excluding hydrogens is 299 g/mol. The molecular formula is C24H41B. The van der Waals surface area contributed by atoms with Crippen molar-refractivity contribution in [3.8, 4) is 0 Å². The van der Waals surface area contributed by atoms with Gasteiger partial charge in [-0.1, -0.05) is 84.5 Å². The second-order valence-corrected chi connectivity index (χ2v) is 11.7. The summed E-state index contributed by atoms with van der Waals surface area (Å²) in [6.45, 7) is 18.6. The summed E-state index contributed by atoms with van der Waals surface area (Å²) < 4.78 is 0. The van der Waals surface area contributed by atoms with Gasteiger partial charge in [-0.05, 0) is 66.1 Å². The zero-order valence-electron chi connectivity index (χ0n) is 17.9. The second kappa shape index (κ2) is 5.90. The number of rotatable bonds is 4. The minimum Gasteiger partial charge on any atom is -0.0960 e. The van der Waals surface area contributed by atoms with E-state index in [1.165, 1.54) is 32.0 Å². The zero-order chi connectivity index (χ0) is 18.1. The summed E-state index contributed by atoms with van der Waals surface area (Å²) in [5.41, 5.74) is 1.26. The van der Waals surface area contributed by atoms with Crippen molar-refractivity contribution in [2.24, 2.45) is 46.3 Å². The zero-order valence-corrected chi connectivity index (χ0v) is 17.9. The smallest absolute Gasteiger partial charge is 0.0960 e. The van der Waals surface area contributed by atoms with E-state index in [1.54, 1.807) is 0 Å². The third kappa shape index (κ3) is 2.46. The number of hydrogen-bond donors (Lipinski definition) is 0. The first kappa shape index (κ1) is 18.2. The number of allylic oxidation sites excluding steroid dienone is 2. The molecule has 0 aromatic rings. The van der Waals surface area contributed by atoms with E-state index >= 15 is 0 Å². The van der Waals surface area contributed by atoms with Gasteiger partial charge < -0.3 is 0 Å². The van der Waals surface area contributed by atoms with Crippen LogP contribution >= 0.6 is 0 Å². The van der Waals surface area contributed by atoms with Gasteiger partial charge in [-0.2, -0.15) is 0 Å². The molecule has 6 rings (SSSR count). The lowest BCUT2D eigenvalue weighted by Crippen LogP contribution is -2.59. The Kier molecular flexibility index (Phi) is 4.29. The van der Waals surface area contributed by atoms with E-state index in [1.807, 2.05) is 0 Å². The molecule has 25 heavy (non-hydrogen) atoms. The van der Waals surface area contributed by atoms with Gasteiger partial charge in [0, 0.05) is 0 Å². The highest BCUT2D eigenvalue weighted by atomic mass is 14.6. The van der Waals surface area contributed by atoms with Gasteiger partial charge in [-0.3, -0.25) is 0 Å². The molecule has 0 saturated heterocycles. The SMILES string of the molecule is C/C=C\CB([C@@H]1C[C@@H]2C[C@@H]([C@H]1C)C2(C)C)[C@@H]1C[C@@H]2C[C@@H]([C@H]1C)C2(C)C. The van der Waals surface area contributed by atoms with Gasteiger partial charge >= 0.3 is 0 Å². The summed E-state index contributed by atoms with van der Waals surface area (Å²) in [6, 6.07) is 0. The fourth-order valence-corrected chi connectivity index (χ4v) is 8.47. The first-order valence-electron chi connectivity index (χ1n) is 11.3. The molecule has 0 spiro atoms. The third-order valence-electron chi connectivity index (χ3n) is 10.6. The Morgan fingerprint density at radius 1 is 0.800 bits per heavy atom. The molecule has 0 radical (unpaired) electrons. The van der Waals surface area contributed by atoms with Crippen molar-refractivity contribution in [3.05, 3.63) is 12.2 Å². The van der Waals surface area contributed by atoms with E-state index in [9.17, 15) is 0 Å². The van der Waals surface area contributed by atoms with Crippen LogP contribution in [0.2, 0.25) is 18.0 Å². The standard InChI is InChI=1S/C24H41B/c1-8-9-10-25(21-13-17-11-19(15(21)2)23(17,4)5)22-14-18-12-20(16(22)3)24(18,6)7/h8-9,15-22H,10-14H2,1-7H3/b9-8-/t15-,16-,17+,18+,19+,20+,21-,22-/m1/s1. The van der Waals surface area contributed by atoms with E-state index in [0.29, 0.717) is 10.8 Å². The van der Waals surface area contributed by atoms with E-state index < -0.39 is 0 Å². The van der Waals surface area contributed by atoms with Gasteiger partial charge in [0.25, 0.3) is 0 Å². The molecule has 6 saturated carbocycles. The summed E-state index contributed by atoms with van der Waals surface area (Å²) in [5, 5.41) is 0. The molecule has 0 aliphatic heterocycles. The molecule has 0 amide bonds. The minimum absolute atomic E-state index is 0.628. The number of fused-ring (bicyclic) bond motifs is 4. The predicted octanol–water partition coefficient (Wildman–Crippen LogP) is 7.20. The molecule has 0 aromatic heterocycles. The molecule has 0 nitrogen and oxygen atoms in total. The Bertz CT molecular complexity index is 502. The fraction of sp³-hybridized carbons (Fsp3) is 0.917. The van der Waals surface area contributed by atoms with Crippen molar-refractivity contribution in [1.82, 2.24) is 0 Å². The Balaban J connectivity index is 1.56. The van der Waals surface area contributed by atoms with Crippen LogP contribution in [0.5, 0.6) is 0 Å². The van der Waals surface area contributed by atoms with Crippen LogP contribution in [-0.4, -0.2) is 6.71 Å². The second-order valence-electron chi connectivity index (χ2n) is 11.7. The molecule has 4 bridgehead atoms. The van der Waals surface area contributed by atoms with Crippen molar-refractivity contribution < 1.29 is 0 Å². The highest BCUT2D eigenvalue weighted by Gasteiger charge is 2.61. The summed E-state index contributed by atoms with van der Waals surface area (Å²) in [5.74, 6) is 7.86. The highest BCUT2D eigenvalue weighted by Crippen LogP contribution is 2.69. The van der Waals surface area contributed by atoms with Crippen LogP contribution in [0.4, 0.5) is 0 Å². The molecule has 140 valence electrons. The van der Waals surface area contributed by atoms with Gasteiger partial charge in [0.05, 0.1) is 0 Å². The van der Waals surface area contributed by atoms with Gasteiger partial charge in [0.15, 0.2) is 6.71 Å². The van der Waals surface area contributed by atoms with Gasteiger partial charge in [-0.15, -0.1) is 0 Å². The van der Waals surface area contributed by atoms with Crippen molar-refractivity contribution in [3.63, 3.8) is 0 Å². The monoisotopic (exact) mass is 340 g/mol. The lowest BCUT2D eigenvalue weighted by Gasteiger charge is -2.66. The van der Waals surface area contributed by atoms with Crippen molar-refractivity contribution >= 4 is 6.71 Å². The third-order valence-corrected chi connectivity index (χ3v) is 10.6. The maximum Gasteiger partial charge on any atom is 0.150 e. The lowest BCUT2D eigenvalue weighted by molar-refractivity contribution is -0.107. The molecule has 8 atom stereocenters. The van der Waals surface area contributed by atoms with Gasteiger partial charge in [0.2, 0.25) is 0 Å². The summed E-state index contributed by atoms with van der Waals surface area (Å²) in [7, 11) is 0. The first-order valence-corrected chi connectivity index (χ1v) is 11.3. The highest BCUT2D eigenvalue weighted by molar-refractivity contribution is 6.62. The topological polar surface area (TPSA) is 0 Å². The molecule has 0 aromatic carbocycles. The molecule has 6 aliphatic rings. The van der Waals surface area contributed by atoms with Crippen LogP contribution in [0, 0.1) is 46.3 Å².